The Morgan fingerprint density at radius 3 is 2.62 bits per heavy atom. The van der Waals surface area contributed by atoms with Gasteiger partial charge in [-0.05, 0) is 43.2 Å². The molecular weight excluding hydrogens is 204 g/mol. The molecule has 0 saturated heterocycles. The minimum absolute atomic E-state index is 0.300. The van der Waals surface area contributed by atoms with Crippen molar-refractivity contribution in [3.8, 4) is 5.75 Å². The van der Waals surface area contributed by atoms with Gasteiger partial charge < -0.3 is 9.84 Å². The van der Waals surface area contributed by atoms with Crippen molar-refractivity contribution in [3.05, 3.63) is 34.9 Å². The number of benzene rings is 1. The van der Waals surface area contributed by atoms with Crippen LogP contribution in [0.25, 0.3) is 6.08 Å². The molecule has 0 radical (unpaired) electrons. The van der Waals surface area contributed by atoms with Crippen LogP contribution >= 0.6 is 0 Å². The standard InChI is InChI=1S/C13H14O3/c1-8-6-9-4-5-12(14)13(2,15)10(9)7-11(8)16-3/h4-7,15H,1-3H3. The van der Waals surface area contributed by atoms with Gasteiger partial charge in [0.25, 0.3) is 0 Å². The zero-order valence-corrected chi connectivity index (χ0v) is 9.57. The number of fused-ring (bicyclic) bond motifs is 1. The van der Waals surface area contributed by atoms with E-state index in [-0.39, 0.29) is 5.78 Å². The van der Waals surface area contributed by atoms with Crippen LogP contribution in [0.15, 0.2) is 18.2 Å². The van der Waals surface area contributed by atoms with Crippen LogP contribution in [0.5, 0.6) is 5.75 Å². The lowest BCUT2D eigenvalue weighted by Crippen LogP contribution is -2.33. The quantitative estimate of drug-likeness (QED) is 0.782. The van der Waals surface area contributed by atoms with Crippen molar-refractivity contribution < 1.29 is 14.6 Å². The van der Waals surface area contributed by atoms with Gasteiger partial charge in [0.1, 0.15) is 11.4 Å². The number of aliphatic hydroxyl groups is 1. The third-order valence-corrected chi connectivity index (χ3v) is 2.99. The van der Waals surface area contributed by atoms with Gasteiger partial charge in [0, 0.05) is 5.56 Å². The number of hydrogen-bond acceptors (Lipinski definition) is 3. The molecule has 3 heteroatoms. The average Bonchev–Trinajstić information content (AvgIpc) is 2.23. The molecule has 0 fully saturated rings. The highest BCUT2D eigenvalue weighted by Crippen LogP contribution is 2.35. The molecule has 2 rings (SSSR count). The fourth-order valence-corrected chi connectivity index (χ4v) is 1.95. The number of carbonyl (C=O) groups is 1. The van der Waals surface area contributed by atoms with Gasteiger partial charge >= 0.3 is 0 Å². The molecule has 0 bridgehead atoms. The lowest BCUT2D eigenvalue weighted by molar-refractivity contribution is -0.131. The normalized spacial score (nSPS) is 23.1. The Morgan fingerprint density at radius 2 is 2.00 bits per heavy atom. The van der Waals surface area contributed by atoms with Gasteiger partial charge in [-0.2, -0.15) is 0 Å². The first-order chi connectivity index (χ1) is 7.46. The van der Waals surface area contributed by atoms with Crippen molar-refractivity contribution in [1.29, 1.82) is 0 Å². The minimum atomic E-state index is -1.45. The number of rotatable bonds is 1. The van der Waals surface area contributed by atoms with Crippen molar-refractivity contribution in [2.75, 3.05) is 7.11 Å². The molecule has 1 N–H and O–H groups in total. The average molecular weight is 218 g/mol. The fourth-order valence-electron chi connectivity index (χ4n) is 1.95. The molecule has 0 saturated carbocycles. The summed E-state index contributed by atoms with van der Waals surface area (Å²) in [6.07, 6.45) is 3.14. The van der Waals surface area contributed by atoms with Crippen LogP contribution in [0.4, 0.5) is 0 Å². The molecule has 84 valence electrons. The molecule has 0 heterocycles. The smallest absolute Gasteiger partial charge is 0.191 e. The molecule has 1 unspecified atom stereocenters. The summed E-state index contributed by atoms with van der Waals surface area (Å²) < 4.78 is 5.19. The number of carbonyl (C=O) groups excluding carboxylic acids is 1. The maximum absolute atomic E-state index is 11.6. The van der Waals surface area contributed by atoms with Crippen LogP contribution < -0.4 is 4.74 Å². The SMILES string of the molecule is COc1cc2c(cc1C)C=CC(=O)C2(C)O. The van der Waals surface area contributed by atoms with Gasteiger partial charge in [-0.1, -0.05) is 6.08 Å². The molecule has 1 atom stereocenters. The van der Waals surface area contributed by atoms with Gasteiger partial charge in [0.15, 0.2) is 5.78 Å². The Labute approximate surface area is 94.4 Å². The second-order valence-electron chi connectivity index (χ2n) is 4.18. The third kappa shape index (κ3) is 1.44. The summed E-state index contributed by atoms with van der Waals surface area (Å²) in [5, 5.41) is 10.1. The van der Waals surface area contributed by atoms with Crippen LogP contribution in [-0.2, 0) is 10.4 Å². The predicted octanol–water partition coefficient (Wildman–Crippen LogP) is 1.81. The summed E-state index contributed by atoms with van der Waals surface area (Å²) in [5.74, 6) is 0.382. The number of hydrogen-bond donors (Lipinski definition) is 1. The van der Waals surface area contributed by atoms with E-state index in [1.807, 2.05) is 13.0 Å². The molecule has 16 heavy (non-hydrogen) atoms. The van der Waals surface area contributed by atoms with Crippen LogP contribution in [-0.4, -0.2) is 18.0 Å². The number of ether oxygens (including phenoxy) is 1. The largest absolute Gasteiger partial charge is 0.496 e. The van der Waals surface area contributed by atoms with Gasteiger partial charge in [0.05, 0.1) is 7.11 Å². The highest BCUT2D eigenvalue weighted by atomic mass is 16.5. The van der Waals surface area contributed by atoms with Crippen molar-refractivity contribution in [2.45, 2.75) is 19.4 Å². The molecule has 1 aliphatic carbocycles. The van der Waals surface area contributed by atoms with Gasteiger partial charge in [-0.3, -0.25) is 4.79 Å². The number of aryl methyl sites for hydroxylation is 1. The molecule has 0 aliphatic heterocycles. The van der Waals surface area contributed by atoms with Gasteiger partial charge in [-0.25, -0.2) is 0 Å². The van der Waals surface area contributed by atoms with E-state index in [4.69, 9.17) is 4.74 Å². The summed E-state index contributed by atoms with van der Waals surface area (Å²) in [6.45, 7) is 3.44. The monoisotopic (exact) mass is 218 g/mol. The molecule has 1 aromatic rings. The van der Waals surface area contributed by atoms with E-state index in [0.29, 0.717) is 11.3 Å². The highest BCUT2D eigenvalue weighted by Gasteiger charge is 2.35. The lowest BCUT2D eigenvalue weighted by Gasteiger charge is -2.27. The van der Waals surface area contributed by atoms with E-state index in [9.17, 15) is 9.90 Å². The Balaban J connectivity index is 2.68. The van der Waals surface area contributed by atoms with Crippen LogP contribution in [0.1, 0.15) is 23.6 Å². The molecular formula is C13H14O3. The summed E-state index contributed by atoms with van der Waals surface area (Å²) >= 11 is 0. The Kier molecular flexibility index (Phi) is 2.35. The first-order valence-corrected chi connectivity index (χ1v) is 5.11. The maximum atomic E-state index is 11.6. The van der Waals surface area contributed by atoms with E-state index < -0.39 is 5.60 Å². The number of methoxy groups -OCH3 is 1. The van der Waals surface area contributed by atoms with Crippen LogP contribution in [0.3, 0.4) is 0 Å². The van der Waals surface area contributed by atoms with Gasteiger partial charge in [-0.15, -0.1) is 0 Å². The zero-order valence-electron chi connectivity index (χ0n) is 9.57. The molecule has 1 aliphatic rings. The molecule has 0 aromatic heterocycles. The first-order valence-electron chi connectivity index (χ1n) is 5.11. The topological polar surface area (TPSA) is 46.5 Å². The minimum Gasteiger partial charge on any atom is -0.496 e. The fraction of sp³-hybridized carbons (Fsp3) is 0.308. The summed E-state index contributed by atoms with van der Waals surface area (Å²) in [4.78, 5) is 11.6. The highest BCUT2D eigenvalue weighted by molar-refractivity contribution is 6.03. The van der Waals surface area contributed by atoms with Crippen molar-refractivity contribution in [3.63, 3.8) is 0 Å². The maximum Gasteiger partial charge on any atom is 0.191 e. The summed E-state index contributed by atoms with van der Waals surface area (Å²) in [7, 11) is 1.57. The lowest BCUT2D eigenvalue weighted by atomic mass is 9.82. The van der Waals surface area contributed by atoms with E-state index >= 15 is 0 Å². The van der Waals surface area contributed by atoms with E-state index in [2.05, 4.69) is 0 Å². The van der Waals surface area contributed by atoms with E-state index in [1.54, 1.807) is 19.3 Å². The Bertz CT molecular complexity index is 484. The summed E-state index contributed by atoms with van der Waals surface area (Å²) in [5.41, 5.74) is 0.992. The van der Waals surface area contributed by atoms with Gasteiger partial charge in [0.2, 0.25) is 0 Å². The third-order valence-electron chi connectivity index (χ3n) is 2.99. The number of ketones is 1. The second kappa shape index (κ2) is 3.46. The summed E-state index contributed by atoms with van der Waals surface area (Å²) in [6, 6.07) is 3.64. The zero-order chi connectivity index (χ0) is 11.9. The molecule has 3 nitrogen and oxygen atoms in total. The van der Waals surface area contributed by atoms with Crippen molar-refractivity contribution in [1.82, 2.24) is 0 Å². The molecule has 1 aromatic carbocycles. The van der Waals surface area contributed by atoms with Crippen molar-refractivity contribution in [2.24, 2.45) is 0 Å². The first kappa shape index (κ1) is 10.9. The predicted molar refractivity (Wildman–Crippen MR) is 61.3 cm³/mol. The van der Waals surface area contributed by atoms with Crippen LogP contribution in [0.2, 0.25) is 0 Å². The second-order valence-corrected chi connectivity index (χ2v) is 4.18. The molecule has 0 amide bonds. The van der Waals surface area contributed by atoms with Crippen LogP contribution in [0, 0.1) is 6.92 Å². The van der Waals surface area contributed by atoms with E-state index in [0.717, 1.165) is 11.1 Å². The molecule has 0 spiro atoms. The Hall–Kier alpha value is -1.61. The Morgan fingerprint density at radius 1 is 1.31 bits per heavy atom. The van der Waals surface area contributed by atoms with E-state index in [1.165, 1.54) is 13.0 Å². The van der Waals surface area contributed by atoms with Crippen molar-refractivity contribution >= 4 is 11.9 Å².